The monoisotopic (exact) mass is 308 g/mol. The van der Waals surface area contributed by atoms with Gasteiger partial charge in [-0.25, -0.2) is 4.98 Å². The van der Waals surface area contributed by atoms with Crippen LogP contribution in [0.5, 0.6) is 0 Å². The molecular weight excluding hydrogens is 296 g/mol. The van der Waals surface area contributed by atoms with Gasteiger partial charge in [0.05, 0.1) is 22.5 Å². The van der Waals surface area contributed by atoms with Gasteiger partial charge in [0, 0.05) is 0 Å². The van der Waals surface area contributed by atoms with Crippen molar-refractivity contribution in [2.45, 2.75) is 10.9 Å². The zero-order valence-electron chi connectivity index (χ0n) is 11.5. The molecular formula is C15H12N6S. The van der Waals surface area contributed by atoms with E-state index < -0.39 is 0 Å². The molecule has 2 aromatic heterocycles. The van der Waals surface area contributed by atoms with Crippen molar-refractivity contribution < 1.29 is 0 Å². The molecule has 1 N–H and O–H groups in total. The quantitative estimate of drug-likeness (QED) is 0.587. The van der Waals surface area contributed by atoms with Crippen LogP contribution < -0.4 is 0 Å². The van der Waals surface area contributed by atoms with Crippen LogP contribution in [0.4, 0.5) is 0 Å². The average Bonchev–Trinajstić information content (AvgIpc) is 3.20. The molecule has 0 atom stereocenters. The highest BCUT2D eigenvalue weighted by atomic mass is 32.2. The smallest absolute Gasteiger partial charge is 0.214 e. The van der Waals surface area contributed by atoms with Crippen LogP contribution in [0.15, 0.2) is 59.8 Å². The first-order valence-electron chi connectivity index (χ1n) is 6.80. The van der Waals surface area contributed by atoms with Gasteiger partial charge < -0.3 is 4.98 Å². The Morgan fingerprint density at radius 1 is 1.00 bits per heavy atom. The number of hydrogen-bond acceptors (Lipinski definition) is 5. The normalized spacial score (nSPS) is 11.1. The van der Waals surface area contributed by atoms with Gasteiger partial charge in [0.1, 0.15) is 5.82 Å². The third kappa shape index (κ3) is 2.46. The number of nitrogens with zero attached hydrogens (tertiary/aromatic N) is 5. The van der Waals surface area contributed by atoms with E-state index in [1.54, 1.807) is 16.4 Å². The van der Waals surface area contributed by atoms with Gasteiger partial charge in [-0.2, -0.15) is 4.68 Å². The second-order valence-electron chi connectivity index (χ2n) is 4.70. The van der Waals surface area contributed by atoms with E-state index in [1.807, 2.05) is 54.6 Å². The van der Waals surface area contributed by atoms with Gasteiger partial charge in [-0.1, -0.05) is 42.1 Å². The van der Waals surface area contributed by atoms with Crippen molar-refractivity contribution >= 4 is 22.8 Å². The van der Waals surface area contributed by atoms with Crippen LogP contribution in [0.1, 0.15) is 5.82 Å². The molecule has 22 heavy (non-hydrogen) atoms. The summed E-state index contributed by atoms with van der Waals surface area (Å²) in [4.78, 5) is 7.87. The maximum absolute atomic E-state index is 4.56. The highest BCUT2D eigenvalue weighted by Crippen LogP contribution is 2.22. The van der Waals surface area contributed by atoms with E-state index in [0.717, 1.165) is 27.7 Å². The lowest BCUT2D eigenvalue weighted by Gasteiger charge is -2.02. The summed E-state index contributed by atoms with van der Waals surface area (Å²) < 4.78 is 1.73. The predicted octanol–water partition coefficient (Wildman–Crippen LogP) is 2.83. The minimum atomic E-state index is 0.682. The van der Waals surface area contributed by atoms with E-state index in [1.165, 1.54) is 0 Å². The number of rotatable bonds is 4. The number of benzene rings is 2. The van der Waals surface area contributed by atoms with Crippen molar-refractivity contribution in [3.63, 3.8) is 0 Å². The summed E-state index contributed by atoms with van der Waals surface area (Å²) in [5.41, 5.74) is 2.96. The minimum Gasteiger partial charge on any atom is -0.341 e. The zero-order valence-corrected chi connectivity index (χ0v) is 12.4. The predicted molar refractivity (Wildman–Crippen MR) is 84.8 cm³/mol. The van der Waals surface area contributed by atoms with Gasteiger partial charge in [-0.3, -0.25) is 0 Å². The lowest BCUT2D eigenvalue weighted by Crippen LogP contribution is -1.98. The van der Waals surface area contributed by atoms with Crippen LogP contribution in [0.25, 0.3) is 16.7 Å². The Kier molecular flexibility index (Phi) is 3.32. The molecule has 6 nitrogen and oxygen atoms in total. The summed E-state index contributed by atoms with van der Waals surface area (Å²) in [6, 6.07) is 17.8. The SMILES string of the molecule is c1ccc(-n2nnnc2SCc2nc3ccccc3[nH]2)cc1. The molecule has 0 fully saturated rings. The van der Waals surface area contributed by atoms with Crippen LogP contribution in [0, 0.1) is 0 Å². The first-order chi connectivity index (χ1) is 10.9. The van der Waals surface area contributed by atoms with Crippen LogP contribution in [-0.2, 0) is 5.75 Å². The second kappa shape index (κ2) is 5.61. The Balaban J connectivity index is 1.56. The van der Waals surface area contributed by atoms with Crippen LogP contribution in [-0.4, -0.2) is 30.2 Å². The topological polar surface area (TPSA) is 72.3 Å². The van der Waals surface area contributed by atoms with E-state index in [0.29, 0.717) is 5.75 Å². The fraction of sp³-hybridized carbons (Fsp3) is 0.0667. The third-order valence-electron chi connectivity index (χ3n) is 3.22. The lowest BCUT2D eigenvalue weighted by molar-refractivity contribution is 0.756. The van der Waals surface area contributed by atoms with Crippen molar-refractivity contribution in [1.29, 1.82) is 0 Å². The second-order valence-corrected chi connectivity index (χ2v) is 5.64. The fourth-order valence-electron chi connectivity index (χ4n) is 2.21. The van der Waals surface area contributed by atoms with Crippen LogP contribution in [0.2, 0.25) is 0 Å². The van der Waals surface area contributed by atoms with Gasteiger partial charge in [0.25, 0.3) is 0 Å². The average molecular weight is 308 g/mol. The van der Waals surface area contributed by atoms with Gasteiger partial charge in [0.2, 0.25) is 5.16 Å². The van der Waals surface area contributed by atoms with Crippen LogP contribution in [0.3, 0.4) is 0 Å². The zero-order chi connectivity index (χ0) is 14.8. The van der Waals surface area contributed by atoms with Crippen LogP contribution >= 0.6 is 11.8 Å². The minimum absolute atomic E-state index is 0.682. The maximum atomic E-state index is 4.56. The van der Waals surface area contributed by atoms with Crippen molar-refractivity contribution in [3.8, 4) is 5.69 Å². The molecule has 108 valence electrons. The van der Waals surface area contributed by atoms with E-state index in [2.05, 4.69) is 25.5 Å². The highest BCUT2D eigenvalue weighted by molar-refractivity contribution is 7.98. The van der Waals surface area contributed by atoms with Gasteiger partial charge in [0.15, 0.2) is 0 Å². The number of H-pyrrole nitrogens is 1. The number of fused-ring (bicyclic) bond motifs is 1. The van der Waals surface area contributed by atoms with Crippen molar-refractivity contribution in [1.82, 2.24) is 30.2 Å². The summed E-state index contributed by atoms with van der Waals surface area (Å²) in [6.45, 7) is 0. The highest BCUT2D eigenvalue weighted by Gasteiger charge is 2.10. The standard InChI is InChI=1S/C15H12N6S/c1-2-6-11(7-3-1)21-15(18-19-20-21)22-10-14-16-12-8-4-5-9-13(12)17-14/h1-9H,10H2,(H,16,17). The summed E-state index contributed by atoms with van der Waals surface area (Å²) in [7, 11) is 0. The first kappa shape index (κ1) is 13.0. The molecule has 0 saturated carbocycles. The number of thioether (sulfide) groups is 1. The molecule has 0 amide bonds. The summed E-state index contributed by atoms with van der Waals surface area (Å²) in [5.74, 6) is 1.59. The fourth-order valence-corrected chi connectivity index (χ4v) is 2.97. The Bertz CT molecular complexity index is 865. The number of aromatic nitrogens is 6. The molecule has 0 unspecified atom stereocenters. The Hall–Kier alpha value is -2.67. The van der Waals surface area contributed by atoms with E-state index in [4.69, 9.17) is 0 Å². The summed E-state index contributed by atoms with van der Waals surface area (Å²) in [6.07, 6.45) is 0. The molecule has 0 aliphatic carbocycles. The van der Waals surface area contributed by atoms with E-state index in [9.17, 15) is 0 Å². The number of tetrazole rings is 1. The van der Waals surface area contributed by atoms with Crippen molar-refractivity contribution in [3.05, 3.63) is 60.4 Å². The third-order valence-corrected chi connectivity index (χ3v) is 4.15. The molecule has 7 heteroatoms. The molecule has 2 aromatic carbocycles. The lowest BCUT2D eigenvalue weighted by atomic mass is 10.3. The van der Waals surface area contributed by atoms with Gasteiger partial charge in [-0.15, -0.1) is 5.10 Å². The number of para-hydroxylation sites is 3. The number of aromatic amines is 1. The Morgan fingerprint density at radius 2 is 1.82 bits per heavy atom. The maximum Gasteiger partial charge on any atom is 0.214 e. The number of nitrogens with one attached hydrogen (secondary N) is 1. The molecule has 0 aliphatic heterocycles. The molecule has 0 saturated heterocycles. The number of hydrogen-bond donors (Lipinski definition) is 1. The van der Waals surface area contributed by atoms with Crippen molar-refractivity contribution in [2.24, 2.45) is 0 Å². The first-order valence-corrected chi connectivity index (χ1v) is 7.79. The summed E-state index contributed by atoms with van der Waals surface area (Å²) >= 11 is 1.55. The largest absolute Gasteiger partial charge is 0.341 e. The van der Waals surface area contributed by atoms with Crippen molar-refractivity contribution in [2.75, 3.05) is 0 Å². The van der Waals surface area contributed by atoms with Gasteiger partial charge >= 0.3 is 0 Å². The molecule has 0 bridgehead atoms. The Labute approximate surface area is 130 Å². The van der Waals surface area contributed by atoms with Gasteiger partial charge in [-0.05, 0) is 34.7 Å². The van der Waals surface area contributed by atoms with E-state index in [-0.39, 0.29) is 0 Å². The molecule has 4 rings (SSSR count). The molecule has 0 aliphatic rings. The van der Waals surface area contributed by atoms with E-state index >= 15 is 0 Å². The molecule has 0 radical (unpaired) electrons. The molecule has 4 aromatic rings. The molecule has 2 heterocycles. The number of imidazole rings is 1. The summed E-state index contributed by atoms with van der Waals surface area (Å²) in [5, 5.41) is 12.6. The molecule has 0 spiro atoms. The Morgan fingerprint density at radius 3 is 2.68 bits per heavy atom.